The molecule has 1 aromatic heterocycles. The van der Waals surface area contributed by atoms with E-state index in [2.05, 4.69) is 48.4 Å². The molecule has 3 aromatic rings. The van der Waals surface area contributed by atoms with E-state index in [0.29, 0.717) is 5.69 Å². The lowest BCUT2D eigenvalue weighted by molar-refractivity contribution is -0.170. The number of halogens is 1. The quantitative estimate of drug-likeness (QED) is 0.276. The van der Waals surface area contributed by atoms with Gasteiger partial charge in [-0.15, -0.1) is 11.3 Å². The SMILES string of the molecule is CN(C)CCN(C)C1=Nc2ccc(F)cc2Nc2sc3ccccc3c21.O=C(O)CC(O)(CC(=O)O)C(=O)O. The van der Waals surface area contributed by atoms with Crippen molar-refractivity contribution in [1.29, 1.82) is 0 Å². The normalized spacial score (nSPS) is 12.3. The molecular formula is C26H29FN4O7S. The largest absolute Gasteiger partial charge is 0.481 e. The summed E-state index contributed by atoms with van der Waals surface area (Å²) < 4.78 is 15.0. The van der Waals surface area contributed by atoms with E-state index in [0.717, 1.165) is 35.2 Å². The molecule has 208 valence electrons. The van der Waals surface area contributed by atoms with Crippen molar-refractivity contribution in [2.45, 2.75) is 18.4 Å². The van der Waals surface area contributed by atoms with Gasteiger partial charge in [0, 0.05) is 30.2 Å². The van der Waals surface area contributed by atoms with E-state index in [4.69, 9.17) is 25.4 Å². The molecule has 0 unspecified atom stereocenters. The number of nitrogens with zero attached hydrogens (tertiary/aromatic N) is 3. The van der Waals surface area contributed by atoms with E-state index in [9.17, 15) is 18.8 Å². The number of rotatable bonds is 8. The Hall–Kier alpha value is -4.07. The number of benzene rings is 2. The second-order valence-corrected chi connectivity index (χ2v) is 10.3. The van der Waals surface area contributed by atoms with Gasteiger partial charge in [-0.2, -0.15) is 0 Å². The van der Waals surface area contributed by atoms with Crippen LogP contribution in [0.4, 0.5) is 20.8 Å². The Morgan fingerprint density at radius 2 is 1.64 bits per heavy atom. The number of amidine groups is 1. The Labute approximate surface area is 227 Å². The fraction of sp³-hybridized carbons (Fsp3) is 0.308. The number of fused-ring (bicyclic) bond motifs is 4. The molecular weight excluding hydrogens is 531 g/mol. The first-order valence-corrected chi connectivity index (χ1v) is 12.5. The first-order valence-electron chi connectivity index (χ1n) is 11.7. The smallest absolute Gasteiger partial charge is 0.336 e. The predicted octanol–water partition coefficient (Wildman–Crippen LogP) is 3.42. The molecule has 0 bridgehead atoms. The summed E-state index contributed by atoms with van der Waals surface area (Å²) in [5.74, 6) is -4.37. The van der Waals surface area contributed by atoms with Crippen molar-refractivity contribution in [1.82, 2.24) is 9.80 Å². The summed E-state index contributed by atoms with van der Waals surface area (Å²) in [5.41, 5.74) is -0.194. The number of aliphatic carboxylic acids is 3. The number of aliphatic imine (C=N–C) groups is 1. The molecule has 1 aliphatic heterocycles. The van der Waals surface area contributed by atoms with Gasteiger partial charge in [0.15, 0.2) is 5.60 Å². The van der Waals surface area contributed by atoms with Crippen LogP contribution in [-0.2, 0) is 14.4 Å². The highest BCUT2D eigenvalue weighted by molar-refractivity contribution is 7.23. The van der Waals surface area contributed by atoms with Gasteiger partial charge in [0.2, 0.25) is 0 Å². The molecule has 5 N–H and O–H groups in total. The lowest BCUT2D eigenvalue weighted by atomic mass is 9.96. The van der Waals surface area contributed by atoms with Crippen LogP contribution >= 0.6 is 11.3 Å². The summed E-state index contributed by atoms with van der Waals surface area (Å²) >= 11 is 1.68. The van der Waals surface area contributed by atoms with Crippen LogP contribution in [0.5, 0.6) is 0 Å². The molecule has 13 heteroatoms. The summed E-state index contributed by atoms with van der Waals surface area (Å²) in [6.45, 7) is 1.78. The first-order chi connectivity index (χ1) is 18.3. The van der Waals surface area contributed by atoms with Gasteiger partial charge in [0.25, 0.3) is 0 Å². The summed E-state index contributed by atoms with van der Waals surface area (Å²) in [6.07, 6.45) is -2.29. The maximum Gasteiger partial charge on any atom is 0.336 e. The number of carboxylic acid groups (broad SMARTS) is 3. The van der Waals surface area contributed by atoms with Crippen LogP contribution < -0.4 is 5.32 Å². The molecule has 0 spiro atoms. The molecule has 2 aromatic carbocycles. The maximum absolute atomic E-state index is 13.8. The van der Waals surface area contributed by atoms with Crippen LogP contribution in [0.1, 0.15) is 18.4 Å². The third-order valence-electron chi connectivity index (χ3n) is 5.78. The van der Waals surface area contributed by atoms with E-state index in [1.807, 2.05) is 12.1 Å². The molecule has 39 heavy (non-hydrogen) atoms. The Morgan fingerprint density at radius 3 is 2.23 bits per heavy atom. The van der Waals surface area contributed by atoms with E-state index in [-0.39, 0.29) is 5.82 Å². The van der Waals surface area contributed by atoms with Crippen molar-refractivity contribution < 1.29 is 39.2 Å². The van der Waals surface area contributed by atoms with Gasteiger partial charge in [-0.25, -0.2) is 14.2 Å². The Kier molecular flexibility index (Phi) is 9.22. The van der Waals surface area contributed by atoms with Gasteiger partial charge < -0.3 is 35.5 Å². The van der Waals surface area contributed by atoms with Crippen molar-refractivity contribution in [3.05, 3.63) is 53.8 Å². The lowest BCUT2D eigenvalue weighted by Crippen LogP contribution is -2.42. The third-order valence-corrected chi connectivity index (χ3v) is 6.87. The minimum atomic E-state index is -2.74. The number of nitrogens with one attached hydrogen (secondary N) is 1. The van der Waals surface area contributed by atoms with Crippen LogP contribution in [0.3, 0.4) is 0 Å². The average Bonchev–Trinajstić information content (AvgIpc) is 3.10. The molecule has 4 rings (SSSR count). The Morgan fingerprint density at radius 1 is 1.00 bits per heavy atom. The zero-order valence-electron chi connectivity index (χ0n) is 21.5. The number of likely N-dealkylation sites (N-methyl/N-ethyl adjacent to an activating group) is 2. The summed E-state index contributed by atoms with van der Waals surface area (Å²) in [6, 6.07) is 13.0. The molecule has 11 nitrogen and oxygen atoms in total. The van der Waals surface area contributed by atoms with E-state index >= 15 is 0 Å². The Bertz CT molecular complexity index is 1410. The fourth-order valence-corrected chi connectivity index (χ4v) is 4.91. The molecule has 0 saturated carbocycles. The molecule has 0 amide bonds. The fourth-order valence-electron chi connectivity index (χ4n) is 3.80. The number of anilines is 2. The maximum atomic E-state index is 13.8. The molecule has 0 radical (unpaired) electrons. The monoisotopic (exact) mass is 560 g/mol. The highest BCUT2D eigenvalue weighted by Crippen LogP contribution is 2.43. The second-order valence-electron chi connectivity index (χ2n) is 9.23. The Balaban J connectivity index is 0.000000276. The van der Waals surface area contributed by atoms with E-state index < -0.39 is 36.4 Å². The lowest BCUT2D eigenvalue weighted by Gasteiger charge is -2.23. The van der Waals surface area contributed by atoms with Crippen molar-refractivity contribution in [2.75, 3.05) is 39.5 Å². The van der Waals surface area contributed by atoms with Gasteiger partial charge in [0.05, 0.1) is 29.8 Å². The van der Waals surface area contributed by atoms with Crippen LogP contribution in [0, 0.1) is 5.82 Å². The molecule has 1 aliphatic rings. The number of thiophene rings is 1. The standard InChI is InChI=1S/C20H21FN4S.C6H8O7/c1-24(2)10-11-25(3)19-18-14-6-4-5-7-17(14)26-20(18)23-16-12-13(21)8-9-15(16)22-19;7-3(8)1-6(13,5(11)12)2-4(9)10/h4-9,12,23H,10-11H2,1-3H3;13H,1-2H2,(H,7,8)(H,9,10)(H,11,12). The minimum Gasteiger partial charge on any atom is -0.481 e. The summed E-state index contributed by atoms with van der Waals surface area (Å²) in [7, 11) is 6.19. The van der Waals surface area contributed by atoms with Crippen LogP contribution in [0.25, 0.3) is 10.1 Å². The van der Waals surface area contributed by atoms with E-state index in [1.165, 1.54) is 22.2 Å². The van der Waals surface area contributed by atoms with Crippen LogP contribution in [-0.4, -0.2) is 93.8 Å². The number of carboxylic acids is 3. The van der Waals surface area contributed by atoms with Gasteiger partial charge in [-0.1, -0.05) is 18.2 Å². The van der Waals surface area contributed by atoms with Crippen LogP contribution in [0.2, 0.25) is 0 Å². The van der Waals surface area contributed by atoms with E-state index in [1.54, 1.807) is 17.4 Å². The minimum absolute atomic E-state index is 0.265. The first kappa shape index (κ1) is 29.5. The topological polar surface area (TPSA) is 163 Å². The highest BCUT2D eigenvalue weighted by atomic mass is 32.1. The van der Waals surface area contributed by atoms with Crippen molar-refractivity contribution in [2.24, 2.45) is 4.99 Å². The summed E-state index contributed by atoms with van der Waals surface area (Å²) in [4.78, 5) is 39.7. The highest BCUT2D eigenvalue weighted by Gasteiger charge is 2.40. The van der Waals surface area contributed by atoms with Gasteiger partial charge in [0.1, 0.15) is 16.7 Å². The van der Waals surface area contributed by atoms with Crippen molar-refractivity contribution >= 4 is 61.5 Å². The number of aliphatic hydroxyl groups is 1. The molecule has 0 fully saturated rings. The molecule has 0 aliphatic carbocycles. The number of hydrogen-bond donors (Lipinski definition) is 5. The second kappa shape index (κ2) is 12.2. The van der Waals surface area contributed by atoms with Crippen molar-refractivity contribution in [3.63, 3.8) is 0 Å². The van der Waals surface area contributed by atoms with Gasteiger partial charge >= 0.3 is 17.9 Å². The zero-order chi connectivity index (χ0) is 28.9. The average molecular weight is 561 g/mol. The predicted molar refractivity (Wildman–Crippen MR) is 146 cm³/mol. The number of hydrogen-bond acceptors (Lipinski definition) is 9. The summed E-state index contributed by atoms with van der Waals surface area (Å²) in [5, 5.41) is 39.4. The van der Waals surface area contributed by atoms with Crippen molar-refractivity contribution in [3.8, 4) is 0 Å². The molecule has 0 atom stereocenters. The third kappa shape index (κ3) is 7.28. The van der Waals surface area contributed by atoms with Crippen LogP contribution in [0.15, 0.2) is 47.5 Å². The molecule has 0 saturated heterocycles. The zero-order valence-corrected chi connectivity index (χ0v) is 22.3. The van der Waals surface area contributed by atoms with Gasteiger partial charge in [-0.3, -0.25) is 9.59 Å². The van der Waals surface area contributed by atoms with Gasteiger partial charge in [-0.05, 0) is 38.4 Å². The molecule has 2 heterocycles. The number of carbonyl (C=O) groups is 3.